The van der Waals surface area contributed by atoms with Gasteiger partial charge in [0.1, 0.15) is 0 Å². The summed E-state index contributed by atoms with van der Waals surface area (Å²) in [5.41, 5.74) is 1.27. The van der Waals surface area contributed by atoms with Crippen molar-refractivity contribution in [3.05, 3.63) is 54.6 Å². The van der Waals surface area contributed by atoms with Crippen LogP contribution in [-0.4, -0.2) is 7.05 Å². The minimum absolute atomic E-state index is 0.252. The van der Waals surface area contributed by atoms with E-state index < -0.39 is 0 Å². The number of halogens is 2. The normalized spacial score (nSPS) is 12.7. The van der Waals surface area contributed by atoms with Crippen LogP contribution in [0.4, 0.5) is 0 Å². The van der Waals surface area contributed by atoms with Gasteiger partial charge in [-0.3, -0.25) is 0 Å². The van der Waals surface area contributed by atoms with Crippen LogP contribution in [-0.2, 0) is 0 Å². The van der Waals surface area contributed by atoms with E-state index in [1.807, 2.05) is 24.5 Å². The number of aryl methyl sites for hydroxylation is 1. The Morgan fingerprint density at radius 3 is 2.53 bits per heavy atom. The third-order valence-electron chi connectivity index (χ3n) is 2.63. The Hall–Kier alpha value is -0.160. The first-order valence-electron chi connectivity index (χ1n) is 5.30. The molecule has 0 saturated heterocycles. The van der Waals surface area contributed by atoms with E-state index in [-0.39, 0.29) is 6.04 Å². The lowest BCUT2D eigenvalue weighted by molar-refractivity contribution is 0.703. The van der Waals surface area contributed by atoms with Crippen molar-refractivity contribution in [2.24, 2.45) is 0 Å². The average Bonchev–Trinajstić information content (AvgIpc) is 2.60. The van der Waals surface area contributed by atoms with E-state index in [1.165, 1.54) is 19.8 Å². The van der Waals surface area contributed by atoms with Gasteiger partial charge in [0.25, 0.3) is 0 Å². The lowest BCUT2D eigenvalue weighted by Gasteiger charge is -2.15. The third-order valence-corrected chi connectivity index (χ3v) is 5.33. The van der Waals surface area contributed by atoms with Crippen LogP contribution in [0.2, 0.25) is 0 Å². The largest absolute Gasteiger partial charge is 0.309 e. The zero-order valence-corrected chi connectivity index (χ0v) is 13.6. The lowest BCUT2D eigenvalue weighted by atomic mass is 10.1. The minimum Gasteiger partial charge on any atom is -0.309 e. The van der Waals surface area contributed by atoms with E-state index in [0.717, 1.165) is 4.47 Å². The molecule has 0 aliphatic carbocycles. The third kappa shape index (κ3) is 2.99. The van der Waals surface area contributed by atoms with Crippen LogP contribution >= 0.6 is 43.2 Å². The van der Waals surface area contributed by atoms with Crippen molar-refractivity contribution in [3.63, 3.8) is 0 Å². The Morgan fingerprint density at radius 1 is 1.24 bits per heavy atom. The number of thiophene rings is 1. The Labute approximate surface area is 123 Å². The summed E-state index contributed by atoms with van der Waals surface area (Å²) in [6.45, 7) is 2.13. The highest BCUT2D eigenvalue weighted by molar-refractivity contribution is 9.10. The van der Waals surface area contributed by atoms with Crippen LogP contribution < -0.4 is 5.32 Å². The van der Waals surface area contributed by atoms with Crippen LogP contribution in [0.3, 0.4) is 0 Å². The first kappa shape index (κ1) is 13.3. The van der Waals surface area contributed by atoms with Crippen LogP contribution in [0.5, 0.6) is 0 Å². The standard InChI is InChI=1S/C13H13Br2NS/c1-8-11(15)7-12(17-8)13(16-2)9-4-3-5-10(14)6-9/h3-7,13,16H,1-2H3. The molecule has 0 fully saturated rings. The molecule has 1 nitrogen and oxygen atoms in total. The van der Waals surface area contributed by atoms with E-state index in [0.29, 0.717) is 0 Å². The Kier molecular flexibility index (Phi) is 4.42. The highest BCUT2D eigenvalue weighted by Gasteiger charge is 2.15. The number of rotatable bonds is 3. The molecule has 0 amide bonds. The molecule has 0 aliphatic heterocycles. The van der Waals surface area contributed by atoms with Crippen molar-refractivity contribution >= 4 is 43.2 Å². The number of benzene rings is 1. The van der Waals surface area contributed by atoms with Gasteiger partial charge in [-0.1, -0.05) is 28.1 Å². The molecule has 0 saturated carbocycles. The fraction of sp³-hybridized carbons (Fsp3) is 0.231. The highest BCUT2D eigenvalue weighted by atomic mass is 79.9. The molecule has 0 radical (unpaired) electrons. The molecule has 0 aliphatic rings. The van der Waals surface area contributed by atoms with E-state index in [4.69, 9.17) is 0 Å². The summed E-state index contributed by atoms with van der Waals surface area (Å²) in [6, 6.07) is 10.9. The maximum atomic E-state index is 3.57. The van der Waals surface area contributed by atoms with Gasteiger partial charge in [0.05, 0.1) is 6.04 Å². The zero-order valence-electron chi connectivity index (χ0n) is 9.63. The van der Waals surface area contributed by atoms with Crippen LogP contribution in [0.1, 0.15) is 21.4 Å². The fourth-order valence-electron chi connectivity index (χ4n) is 1.78. The van der Waals surface area contributed by atoms with Gasteiger partial charge in [-0.05, 0) is 53.7 Å². The fourth-order valence-corrected chi connectivity index (χ4v) is 3.90. The highest BCUT2D eigenvalue weighted by Crippen LogP contribution is 2.34. The first-order chi connectivity index (χ1) is 8.11. The van der Waals surface area contributed by atoms with Crippen LogP contribution in [0.15, 0.2) is 39.3 Å². The summed E-state index contributed by atoms with van der Waals surface area (Å²) in [6.07, 6.45) is 0. The summed E-state index contributed by atoms with van der Waals surface area (Å²) in [4.78, 5) is 2.64. The molecule has 0 spiro atoms. The summed E-state index contributed by atoms with van der Waals surface area (Å²) in [5, 5.41) is 3.37. The number of nitrogens with one attached hydrogen (secondary N) is 1. The second-order valence-corrected chi connectivity index (χ2v) is 6.89. The predicted octanol–water partition coefficient (Wildman–Crippen LogP) is 4.89. The van der Waals surface area contributed by atoms with Gasteiger partial charge in [-0.15, -0.1) is 11.3 Å². The van der Waals surface area contributed by atoms with Crippen LogP contribution in [0, 0.1) is 6.92 Å². The average molecular weight is 375 g/mol. The molecular weight excluding hydrogens is 362 g/mol. The van der Waals surface area contributed by atoms with E-state index in [2.05, 4.69) is 68.4 Å². The van der Waals surface area contributed by atoms with E-state index >= 15 is 0 Å². The number of hydrogen-bond donors (Lipinski definition) is 1. The van der Waals surface area contributed by atoms with Gasteiger partial charge in [-0.2, -0.15) is 0 Å². The van der Waals surface area contributed by atoms with Gasteiger partial charge in [0.2, 0.25) is 0 Å². The summed E-state index contributed by atoms with van der Waals surface area (Å²) < 4.78 is 2.30. The Balaban J connectivity index is 2.39. The lowest BCUT2D eigenvalue weighted by Crippen LogP contribution is -2.16. The maximum Gasteiger partial charge on any atom is 0.0669 e. The maximum absolute atomic E-state index is 3.57. The van der Waals surface area contributed by atoms with Gasteiger partial charge < -0.3 is 5.32 Å². The van der Waals surface area contributed by atoms with Gasteiger partial charge in [-0.25, -0.2) is 0 Å². The summed E-state index contributed by atoms with van der Waals surface area (Å²) >= 11 is 8.92. The summed E-state index contributed by atoms with van der Waals surface area (Å²) in [5.74, 6) is 0. The van der Waals surface area contributed by atoms with Crippen molar-refractivity contribution in [2.45, 2.75) is 13.0 Å². The van der Waals surface area contributed by atoms with Gasteiger partial charge in [0, 0.05) is 18.7 Å². The molecule has 1 aromatic heterocycles. The second kappa shape index (κ2) is 5.65. The Morgan fingerprint density at radius 2 is 2.00 bits per heavy atom. The molecule has 2 rings (SSSR count). The molecule has 4 heteroatoms. The molecule has 1 heterocycles. The second-order valence-electron chi connectivity index (χ2n) is 3.83. The quantitative estimate of drug-likeness (QED) is 0.806. The monoisotopic (exact) mass is 373 g/mol. The molecule has 1 aromatic carbocycles. The van der Waals surface area contributed by atoms with Gasteiger partial charge >= 0.3 is 0 Å². The molecule has 1 atom stereocenters. The van der Waals surface area contributed by atoms with Crippen LogP contribution in [0.25, 0.3) is 0 Å². The molecular formula is C13H13Br2NS. The molecule has 17 heavy (non-hydrogen) atoms. The molecule has 2 aromatic rings. The first-order valence-corrected chi connectivity index (χ1v) is 7.70. The number of hydrogen-bond acceptors (Lipinski definition) is 2. The zero-order chi connectivity index (χ0) is 12.4. The molecule has 1 unspecified atom stereocenters. The van der Waals surface area contributed by atoms with Gasteiger partial charge in [0.15, 0.2) is 0 Å². The van der Waals surface area contributed by atoms with Crippen molar-refractivity contribution in [1.29, 1.82) is 0 Å². The van der Waals surface area contributed by atoms with E-state index in [1.54, 1.807) is 0 Å². The topological polar surface area (TPSA) is 12.0 Å². The molecule has 90 valence electrons. The Bertz CT molecular complexity index is 502. The SMILES string of the molecule is CNC(c1cccc(Br)c1)c1cc(Br)c(C)s1. The van der Waals surface area contributed by atoms with Crippen molar-refractivity contribution in [3.8, 4) is 0 Å². The predicted molar refractivity (Wildman–Crippen MR) is 81.8 cm³/mol. The minimum atomic E-state index is 0.252. The van der Waals surface area contributed by atoms with Crippen molar-refractivity contribution < 1.29 is 0 Å². The van der Waals surface area contributed by atoms with E-state index in [9.17, 15) is 0 Å². The smallest absolute Gasteiger partial charge is 0.0669 e. The molecule has 1 N–H and O–H groups in total. The van der Waals surface area contributed by atoms with Crippen molar-refractivity contribution in [2.75, 3.05) is 7.05 Å². The molecule has 0 bridgehead atoms. The summed E-state index contributed by atoms with van der Waals surface area (Å²) in [7, 11) is 1.99. The van der Waals surface area contributed by atoms with Crippen molar-refractivity contribution in [1.82, 2.24) is 5.32 Å².